The molecule has 0 unspecified atom stereocenters. The number of carbonyl (C=O) groups excluding carboxylic acids is 2. The van der Waals surface area contributed by atoms with Crippen molar-refractivity contribution in [3.8, 4) is 0 Å². The van der Waals surface area contributed by atoms with Crippen LogP contribution in [0.2, 0.25) is 0 Å². The number of unbranched alkanes of at least 4 members (excludes halogenated alkanes) is 1. The van der Waals surface area contributed by atoms with Crippen molar-refractivity contribution in [3.63, 3.8) is 0 Å². The Morgan fingerprint density at radius 3 is 2.59 bits per heavy atom. The third-order valence-corrected chi connectivity index (χ3v) is 3.88. The highest BCUT2D eigenvalue weighted by Gasteiger charge is 2.30. The maximum atomic E-state index is 12.8. The molecule has 0 aliphatic rings. The Balaban J connectivity index is 2.15. The highest BCUT2D eigenvalue weighted by Crippen LogP contribution is 2.30. The van der Waals surface area contributed by atoms with Crippen LogP contribution < -0.4 is 5.32 Å². The van der Waals surface area contributed by atoms with E-state index in [0.29, 0.717) is 6.54 Å². The fourth-order valence-corrected chi connectivity index (χ4v) is 2.36. The van der Waals surface area contributed by atoms with Crippen molar-refractivity contribution >= 4 is 17.5 Å². The minimum atomic E-state index is -4.50. The Labute approximate surface area is 155 Å². The predicted octanol–water partition coefficient (Wildman–Crippen LogP) is 4.22. The van der Waals surface area contributed by atoms with Crippen LogP contribution in [-0.2, 0) is 6.18 Å². The normalized spacial score (nSPS) is 11.1. The number of hydrogen-bond acceptors (Lipinski definition) is 3. The lowest BCUT2D eigenvalue weighted by Gasteiger charge is -2.16. The van der Waals surface area contributed by atoms with Gasteiger partial charge >= 0.3 is 6.18 Å². The predicted molar refractivity (Wildman–Crippen MR) is 95.5 cm³/mol. The summed E-state index contributed by atoms with van der Waals surface area (Å²) in [6.45, 7) is 2.58. The molecule has 1 N–H and O–H groups in total. The molecule has 1 heterocycles. The molecule has 0 saturated heterocycles. The van der Waals surface area contributed by atoms with E-state index in [1.807, 2.05) is 6.92 Å². The summed E-state index contributed by atoms with van der Waals surface area (Å²) in [6.07, 6.45) is -1.40. The average molecular weight is 379 g/mol. The van der Waals surface area contributed by atoms with Crippen LogP contribution in [0.15, 0.2) is 42.6 Å². The zero-order chi connectivity index (χ0) is 20.0. The van der Waals surface area contributed by atoms with Gasteiger partial charge in [0.05, 0.1) is 5.56 Å². The number of aromatic nitrogens is 1. The van der Waals surface area contributed by atoms with E-state index < -0.39 is 17.6 Å². The van der Waals surface area contributed by atoms with Gasteiger partial charge in [0, 0.05) is 31.0 Å². The molecule has 2 aromatic rings. The molecule has 2 rings (SSSR count). The van der Waals surface area contributed by atoms with E-state index in [0.717, 1.165) is 25.0 Å². The molecule has 8 heteroatoms. The molecule has 1 aromatic heterocycles. The summed E-state index contributed by atoms with van der Waals surface area (Å²) < 4.78 is 38.3. The summed E-state index contributed by atoms with van der Waals surface area (Å²) in [5.74, 6) is -0.945. The van der Waals surface area contributed by atoms with E-state index in [1.54, 1.807) is 7.05 Å². The zero-order valence-corrected chi connectivity index (χ0v) is 15.0. The van der Waals surface area contributed by atoms with E-state index in [-0.39, 0.29) is 22.9 Å². The third-order valence-electron chi connectivity index (χ3n) is 3.88. The first-order chi connectivity index (χ1) is 12.7. The number of halogens is 3. The Bertz CT molecular complexity index is 822. The van der Waals surface area contributed by atoms with Gasteiger partial charge in [-0.3, -0.25) is 14.6 Å². The van der Waals surface area contributed by atoms with Crippen LogP contribution in [0, 0.1) is 0 Å². The first-order valence-electron chi connectivity index (χ1n) is 8.42. The van der Waals surface area contributed by atoms with E-state index in [4.69, 9.17) is 0 Å². The number of hydrogen-bond donors (Lipinski definition) is 1. The van der Waals surface area contributed by atoms with Gasteiger partial charge in [0.25, 0.3) is 11.8 Å². The number of benzene rings is 1. The number of pyridine rings is 1. The van der Waals surface area contributed by atoms with Gasteiger partial charge in [-0.1, -0.05) is 19.4 Å². The number of amides is 2. The first-order valence-corrected chi connectivity index (χ1v) is 8.42. The number of alkyl halides is 3. The molecule has 2 amide bonds. The van der Waals surface area contributed by atoms with Gasteiger partial charge in [-0.05, 0) is 36.8 Å². The number of carbonyl (C=O) groups is 2. The molecule has 0 radical (unpaired) electrons. The van der Waals surface area contributed by atoms with Crippen LogP contribution in [0.1, 0.15) is 46.2 Å². The molecular formula is C19H20F3N3O2. The van der Waals surface area contributed by atoms with Crippen molar-refractivity contribution in [2.75, 3.05) is 18.9 Å². The molecular weight excluding hydrogens is 359 g/mol. The molecule has 0 bridgehead atoms. The maximum absolute atomic E-state index is 12.8. The van der Waals surface area contributed by atoms with Gasteiger partial charge < -0.3 is 10.2 Å². The van der Waals surface area contributed by atoms with Gasteiger partial charge in [-0.15, -0.1) is 0 Å². The quantitative estimate of drug-likeness (QED) is 0.817. The minimum Gasteiger partial charge on any atom is -0.340 e. The zero-order valence-electron chi connectivity index (χ0n) is 15.0. The summed E-state index contributed by atoms with van der Waals surface area (Å²) >= 11 is 0. The van der Waals surface area contributed by atoms with Crippen molar-refractivity contribution in [1.82, 2.24) is 9.88 Å². The van der Waals surface area contributed by atoms with Gasteiger partial charge in [0.15, 0.2) is 0 Å². The van der Waals surface area contributed by atoms with E-state index in [9.17, 15) is 22.8 Å². The van der Waals surface area contributed by atoms with Crippen molar-refractivity contribution in [2.24, 2.45) is 0 Å². The Hall–Kier alpha value is -2.90. The summed E-state index contributed by atoms with van der Waals surface area (Å²) in [7, 11) is 1.65. The molecule has 0 saturated carbocycles. The molecule has 0 spiro atoms. The summed E-state index contributed by atoms with van der Waals surface area (Å²) in [5.41, 5.74) is -0.608. The second kappa shape index (κ2) is 8.66. The van der Waals surface area contributed by atoms with Crippen molar-refractivity contribution < 1.29 is 22.8 Å². The number of rotatable bonds is 6. The fraction of sp³-hybridized carbons (Fsp3) is 0.316. The van der Waals surface area contributed by atoms with Gasteiger partial charge in [0.2, 0.25) is 0 Å². The van der Waals surface area contributed by atoms with Crippen LogP contribution >= 0.6 is 0 Å². The highest BCUT2D eigenvalue weighted by atomic mass is 19.4. The lowest BCUT2D eigenvalue weighted by molar-refractivity contribution is -0.137. The SMILES string of the molecule is CCCCN(C)C(=O)c1cc(C(=O)Nc2cccc(C(F)(F)F)c2)ccn1. The van der Waals surface area contributed by atoms with Crippen molar-refractivity contribution in [2.45, 2.75) is 25.9 Å². The van der Waals surface area contributed by atoms with Crippen LogP contribution in [-0.4, -0.2) is 35.3 Å². The fourth-order valence-electron chi connectivity index (χ4n) is 2.36. The lowest BCUT2D eigenvalue weighted by Crippen LogP contribution is -2.28. The van der Waals surface area contributed by atoms with Crippen molar-refractivity contribution in [3.05, 3.63) is 59.4 Å². The van der Waals surface area contributed by atoms with E-state index >= 15 is 0 Å². The first kappa shape index (κ1) is 20.4. The summed E-state index contributed by atoms with van der Waals surface area (Å²) in [6, 6.07) is 7.07. The van der Waals surface area contributed by atoms with E-state index in [2.05, 4.69) is 10.3 Å². The second-order valence-electron chi connectivity index (χ2n) is 6.04. The minimum absolute atomic E-state index is 0.0135. The van der Waals surface area contributed by atoms with Gasteiger partial charge in [-0.2, -0.15) is 13.2 Å². The largest absolute Gasteiger partial charge is 0.416 e. The second-order valence-corrected chi connectivity index (χ2v) is 6.04. The smallest absolute Gasteiger partial charge is 0.340 e. The standard InChI is InChI=1S/C19H20F3N3O2/c1-3-4-10-25(2)18(27)16-11-13(8-9-23-16)17(26)24-15-7-5-6-14(12-15)19(20,21)22/h5-9,11-12H,3-4,10H2,1-2H3,(H,24,26). The average Bonchev–Trinajstić information content (AvgIpc) is 2.65. The van der Waals surface area contributed by atoms with Crippen molar-refractivity contribution in [1.29, 1.82) is 0 Å². The molecule has 0 fully saturated rings. The molecule has 1 aromatic carbocycles. The Morgan fingerprint density at radius 1 is 1.19 bits per heavy atom. The summed E-state index contributed by atoms with van der Waals surface area (Å²) in [5, 5.41) is 2.41. The highest BCUT2D eigenvalue weighted by molar-refractivity contribution is 6.05. The summed E-state index contributed by atoms with van der Waals surface area (Å²) in [4.78, 5) is 30.2. The lowest BCUT2D eigenvalue weighted by atomic mass is 10.1. The van der Waals surface area contributed by atoms with Gasteiger partial charge in [0.1, 0.15) is 5.69 Å². The third kappa shape index (κ3) is 5.54. The van der Waals surface area contributed by atoms with Gasteiger partial charge in [-0.25, -0.2) is 0 Å². The van der Waals surface area contributed by atoms with Crippen LogP contribution in [0.5, 0.6) is 0 Å². The molecule has 0 aliphatic carbocycles. The molecule has 5 nitrogen and oxygen atoms in total. The molecule has 27 heavy (non-hydrogen) atoms. The monoisotopic (exact) mass is 379 g/mol. The Morgan fingerprint density at radius 2 is 1.93 bits per heavy atom. The number of anilines is 1. The van der Waals surface area contributed by atoms with E-state index in [1.165, 1.54) is 35.4 Å². The van der Waals surface area contributed by atoms with Crippen LogP contribution in [0.4, 0.5) is 18.9 Å². The molecule has 0 atom stereocenters. The number of nitrogens with one attached hydrogen (secondary N) is 1. The molecule has 144 valence electrons. The Kier molecular flexibility index (Phi) is 6.55. The van der Waals surface area contributed by atoms with Crippen LogP contribution in [0.25, 0.3) is 0 Å². The van der Waals surface area contributed by atoms with Crippen LogP contribution in [0.3, 0.4) is 0 Å². The maximum Gasteiger partial charge on any atom is 0.416 e. The molecule has 0 aliphatic heterocycles. The topological polar surface area (TPSA) is 62.3 Å². The number of nitrogens with zero attached hydrogens (tertiary/aromatic N) is 2.